The predicted molar refractivity (Wildman–Crippen MR) is 79.4 cm³/mol. The monoisotopic (exact) mass is 313 g/mol. The molecule has 0 radical (unpaired) electrons. The second-order valence-corrected chi connectivity index (χ2v) is 4.58. The molecule has 0 atom stereocenters. The van der Waals surface area contributed by atoms with Gasteiger partial charge in [-0.05, 0) is 23.4 Å². The van der Waals surface area contributed by atoms with Gasteiger partial charge in [0.2, 0.25) is 0 Å². The summed E-state index contributed by atoms with van der Waals surface area (Å²) in [5.74, 6) is 0. The van der Waals surface area contributed by atoms with Crippen molar-refractivity contribution in [3.63, 3.8) is 0 Å². The van der Waals surface area contributed by atoms with E-state index in [2.05, 4.69) is 31.3 Å². The van der Waals surface area contributed by atoms with E-state index in [1.165, 1.54) is 0 Å². The molecule has 3 nitrogen and oxygen atoms in total. The number of halogens is 1. The predicted octanol–water partition coefficient (Wildman–Crippen LogP) is 3.99. The summed E-state index contributed by atoms with van der Waals surface area (Å²) in [4.78, 5) is 0. The molecular weight excluding hydrogens is 302 g/mol. The first-order chi connectivity index (χ1) is 9.36. The molecule has 1 heterocycles. The summed E-state index contributed by atoms with van der Waals surface area (Å²) in [6, 6.07) is 21.7. The van der Waals surface area contributed by atoms with Crippen LogP contribution in [0.15, 0.2) is 77.4 Å². The Kier molecular flexibility index (Phi) is 5.19. The van der Waals surface area contributed by atoms with Crippen molar-refractivity contribution in [1.29, 1.82) is 0 Å². The van der Waals surface area contributed by atoms with Gasteiger partial charge in [0.1, 0.15) is 0 Å². The minimum atomic E-state index is 0.852. The third-order valence-corrected chi connectivity index (χ3v) is 2.83. The molecule has 0 bridgehead atoms. The molecule has 0 N–H and O–H groups in total. The Morgan fingerprint density at radius 2 is 1.37 bits per heavy atom. The maximum Gasteiger partial charge on any atom is 0.0963 e. The number of aromatic nitrogens is 3. The third kappa shape index (κ3) is 4.60. The van der Waals surface area contributed by atoms with E-state index < -0.39 is 0 Å². The Balaban J connectivity index is 0.000000163. The standard InChI is InChI=1S/C9H7N3.C6H5Br/c1-2-4-8(5-3-1)9-6-7-10-12-11-9;7-6-4-2-1-3-5-6/h1-7H;1-5H. The number of benzene rings is 2. The molecule has 94 valence electrons. The second-order valence-electron chi connectivity index (χ2n) is 3.67. The van der Waals surface area contributed by atoms with Crippen molar-refractivity contribution in [2.24, 2.45) is 0 Å². The van der Waals surface area contributed by atoms with Gasteiger partial charge in [-0.15, -0.1) is 10.2 Å². The highest BCUT2D eigenvalue weighted by Crippen LogP contribution is 2.13. The highest BCUT2D eigenvalue weighted by atomic mass is 79.9. The maximum absolute atomic E-state index is 3.89. The van der Waals surface area contributed by atoms with E-state index in [0.29, 0.717) is 0 Å². The Morgan fingerprint density at radius 1 is 0.737 bits per heavy atom. The summed E-state index contributed by atoms with van der Waals surface area (Å²) in [5.41, 5.74) is 1.91. The second kappa shape index (κ2) is 7.38. The summed E-state index contributed by atoms with van der Waals surface area (Å²) in [7, 11) is 0. The van der Waals surface area contributed by atoms with Gasteiger partial charge in [0.25, 0.3) is 0 Å². The van der Waals surface area contributed by atoms with Gasteiger partial charge in [-0.3, -0.25) is 0 Å². The Labute approximate surface area is 120 Å². The zero-order chi connectivity index (χ0) is 13.3. The lowest BCUT2D eigenvalue weighted by atomic mass is 10.2. The molecule has 3 aromatic rings. The molecule has 0 aliphatic carbocycles. The molecule has 0 aliphatic heterocycles. The van der Waals surface area contributed by atoms with Gasteiger partial charge in [-0.25, -0.2) is 0 Å². The lowest BCUT2D eigenvalue weighted by Gasteiger charge is -1.95. The van der Waals surface area contributed by atoms with Gasteiger partial charge >= 0.3 is 0 Å². The first-order valence-electron chi connectivity index (χ1n) is 5.76. The first kappa shape index (κ1) is 13.4. The van der Waals surface area contributed by atoms with Crippen LogP contribution in [0, 0.1) is 0 Å². The number of rotatable bonds is 1. The number of hydrogen-bond acceptors (Lipinski definition) is 3. The maximum atomic E-state index is 3.89. The van der Waals surface area contributed by atoms with Crippen molar-refractivity contribution in [2.75, 3.05) is 0 Å². The van der Waals surface area contributed by atoms with Gasteiger partial charge in [0.15, 0.2) is 0 Å². The third-order valence-electron chi connectivity index (χ3n) is 2.31. The lowest BCUT2D eigenvalue weighted by molar-refractivity contribution is 0.870. The average molecular weight is 314 g/mol. The number of hydrogen-bond donors (Lipinski definition) is 0. The van der Waals surface area contributed by atoms with Crippen LogP contribution >= 0.6 is 15.9 Å². The average Bonchev–Trinajstić information content (AvgIpc) is 2.51. The molecule has 2 aromatic carbocycles. The molecule has 0 unspecified atom stereocenters. The molecule has 0 amide bonds. The van der Waals surface area contributed by atoms with E-state index in [1.807, 2.05) is 66.7 Å². The van der Waals surface area contributed by atoms with Crippen LogP contribution in [0.3, 0.4) is 0 Å². The van der Waals surface area contributed by atoms with Crippen LogP contribution < -0.4 is 0 Å². The zero-order valence-corrected chi connectivity index (χ0v) is 11.7. The lowest BCUT2D eigenvalue weighted by Crippen LogP contribution is -1.88. The van der Waals surface area contributed by atoms with Crippen LogP contribution in [0.1, 0.15) is 0 Å². The molecule has 1 aromatic heterocycles. The van der Waals surface area contributed by atoms with Crippen LogP contribution in [0.5, 0.6) is 0 Å². The molecule has 0 saturated carbocycles. The minimum absolute atomic E-state index is 0.852. The molecular formula is C15H12BrN3. The van der Waals surface area contributed by atoms with Crippen molar-refractivity contribution in [1.82, 2.24) is 15.4 Å². The van der Waals surface area contributed by atoms with Crippen molar-refractivity contribution >= 4 is 15.9 Å². The summed E-state index contributed by atoms with van der Waals surface area (Å²) in [6.07, 6.45) is 1.63. The topological polar surface area (TPSA) is 38.7 Å². The smallest absolute Gasteiger partial charge is 0.0963 e. The Morgan fingerprint density at radius 3 is 1.84 bits per heavy atom. The van der Waals surface area contributed by atoms with Gasteiger partial charge in [-0.2, -0.15) is 0 Å². The quantitative estimate of drug-likeness (QED) is 0.682. The molecule has 4 heteroatoms. The van der Waals surface area contributed by atoms with Crippen LogP contribution in [0.2, 0.25) is 0 Å². The van der Waals surface area contributed by atoms with E-state index in [0.717, 1.165) is 15.7 Å². The van der Waals surface area contributed by atoms with Crippen LogP contribution in [-0.4, -0.2) is 15.4 Å². The van der Waals surface area contributed by atoms with Crippen LogP contribution in [0.25, 0.3) is 11.3 Å². The Hall–Kier alpha value is -2.07. The molecule has 19 heavy (non-hydrogen) atoms. The molecule has 3 rings (SSSR count). The van der Waals surface area contributed by atoms with Gasteiger partial charge in [0.05, 0.1) is 11.9 Å². The normalized spacial score (nSPS) is 9.32. The fourth-order valence-corrected chi connectivity index (χ4v) is 1.72. The number of nitrogens with zero attached hydrogens (tertiary/aromatic N) is 3. The Bertz CT molecular complexity index is 548. The molecule has 0 aliphatic rings. The van der Waals surface area contributed by atoms with Gasteiger partial charge < -0.3 is 0 Å². The van der Waals surface area contributed by atoms with Gasteiger partial charge in [0, 0.05) is 10.0 Å². The SMILES string of the molecule is Brc1ccccc1.c1ccc(-c2ccnnn2)cc1. The van der Waals surface area contributed by atoms with Crippen molar-refractivity contribution in [3.05, 3.63) is 77.4 Å². The van der Waals surface area contributed by atoms with Crippen molar-refractivity contribution in [3.8, 4) is 11.3 Å². The van der Waals surface area contributed by atoms with E-state index in [4.69, 9.17) is 0 Å². The van der Waals surface area contributed by atoms with Crippen LogP contribution in [0.4, 0.5) is 0 Å². The first-order valence-corrected chi connectivity index (χ1v) is 6.56. The van der Waals surface area contributed by atoms with Gasteiger partial charge in [-0.1, -0.05) is 64.5 Å². The van der Waals surface area contributed by atoms with E-state index in [-0.39, 0.29) is 0 Å². The fourth-order valence-electron chi connectivity index (χ4n) is 1.42. The largest absolute Gasteiger partial charge is 0.139 e. The summed E-state index contributed by atoms with van der Waals surface area (Å²) in [6.45, 7) is 0. The zero-order valence-electron chi connectivity index (χ0n) is 10.1. The van der Waals surface area contributed by atoms with E-state index in [9.17, 15) is 0 Å². The summed E-state index contributed by atoms with van der Waals surface area (Å²) in [5, 5.41) is 11.1. The summed E-state index contributed by atoms with van der Waals surface area (Å²) < 4.78 is 1.13. The molecule has 0 spiro atoms. The van der Waals surface area contributed by atoms with E-state index in [1.54, 1.807) is 6.20 Å². The summed E-state index contributed by atoms with van der Waals surface area (Å²) >= 11 is 3.31. The fraction of sp³-hybridized carbons (Fsp3) is 0. The molecule has 0 saturated heterocycles. The van der Waals surface area contributed by atoms with E-state index >= 15 is 0 Å². The minimum Gasteiger partial charge on any atom is -0.139 e. The van der Waals surface area contributed by atoms with Crippen molar-refractivity contribution in [2.45, 2.75) is 0 Å². The highest BCUT2D eigenvalue weighted by Gasteiger charge is 1.95. The van der Waals surface area contributed by atoms with Crippen LogP contribution in [-0.2, 0) is 0 Å². The molecule has 0 fully saturated rings. The van der Waals surface area contributed by atoms with Crippen molar-refractivity contribution < 1.29 is 0 Å². The highest BCUT2D eigenvalue weighted by molar-refractivity contribution is 9.10.